The van der Waals surface area contributed by atoms with Crippen molar-refractivity contribution in [3.63, 3.8) is 0 Å². The Bertz CT molecular complexity index is 1070. The van der Waals surface area contributed by atoms with Gasteiger partial charge >= 0.3 is 0 Å². The molecule has 1 amide bonds. The Hall–Kier alpha value is -3.12. The highest BCUT2D eigenvalue weighted by atomic mass is 16.5. The summed E-state index contributed by atoms with van der Waals surface area (Å²) in [5.41, 5.74) is 2.04. The van der Waals surface area contributed by atoms with Crippen LogP contribution in [-0.2, 0) is 19.7 Å². The zero-order valence-corrected chi connectivity index (χ0v) is 20.9. The van der Waals surface area contributed by atoms with Gasteiger partial charge in [-0.05, 0) is 48.9 Å². The van der Waals surface area contributed by atoms with Gasteiger partial charge in [0.15, 0.2) is 0 Å². The monoisotopic (exact) mass is 465 g/mol. The molecule has 0 bridgehead atoms. The van der Waals surface area contributed by atoms with Gasteiger partial charge in [-0.25, -0.2) is 0 Å². The molecular weight excluding hydrogens is 430 g/mol. The van der Waals surface area contributed by atoms with Crippen molar-refractivity contribution in [2.24, 2.45) is 0 Å². The van der Waals surface area contributed by atoms with Crippen LogP contribution >= 0.6 is 0 Å². The van der Waals surface area contributed by atoms with Crippen LogP contribution < -0.4 is 4.74 Å². The number of amides is 1. The lowest BCUT2D eigenvalue weighted by Crippen LogP contribution is -2.31. The molecule has 6 nitrogen and oxygen atoms in total. The molecule has 1 saturated heterocycles. The molecule has 1 N–H and O–H groups in total. The summed E-state index contributed by atoms with van der Waals surface area (Å²) in [7, 11) is 1.52. The van der Waals surface area contributed by atoms with E-state index in [1.807, 2.05) is 56.3 Å². The van der Waals surface area contributed by atoms with Gasteiger partial charge in [0.2, 0.25) is 0 Å². The standard InChI is InChI=1S/C28H35NO5/c1-18(2)34-16-10-15-29-24(19-11-8-7-9-12-19)23(26(31)27(29)32)25(30)21-17-20(28(3,4)5)13-14-22(21)33-6/h7-9,11-14,17-18,24,30H,10,15-16H2,1-6H3/b25-23+. The van der Waals surface area contributed by atoms with Gasteiger partial charge in [-0.3, -0.25) is 9.59 Å². The number of nitrogens with zero attached hydrogens (tertiary/aromatic N) is 1. The van der Waals surface area contributed by atoms with Crippen LogP contribution in [0.5, 0.6) is 5.75 Å². The van der Waals surface area contributed by atoms with Crippen LogP contribution in [0.25, 0.3) is 5.76 Å². The molecule has 1 aliphatic heterocycles. The summed E-state index contributed by atoms with van der Waals surface area (Å²) in [6, 6.07) is 14.2. The number of aliphatic hydroxyl groups excluding tert-OH is 1. The second-order valence-electron chi connectivity index (χ2n) is 9.84. The molecule has 0 aliphatic carbocycles. The van der Waals surface area contributed by atoms with Gasteiger partial charge in [0.25, 0.3) is 11.7 Å². The van der Waals surface area contributed by atoms with Crippen LogP contribution in [0, 0.1) is 0 Å². The van der Waals surface area contributed by atoms with Gasteiger partial charge < -0.3 is 19.5 Å². The van der Waals surface area contributed by atoms with E-state index >= 15 is 0 Å². The van der Waals surface area contributed by atoms with Crippen molar-refractivity contribution in [3.05, 3.63) is 70.8 Å². The van der Waals surface area contributed by atoms with Crippen LogP contribution in [0.1, 0.15) is 63.8 Å². The number of likely N-dealkylation sites (tertiary alicyclic amines) is 1. The second-order valence-corrected chi connectivity index (χ2v) is 9.84. The summed E-state index contributed by atoms with van der Waals surface area (Å²) >= 11 is 0. The molecule has 34 heavy (non-hydrogen) atoms. The highest BCUT2D eigenvalue weighted by Gasteiger charge is 2.46. The minimum absolute atomic E-state index is 0.0744. The summed E-state index contributed by atoms with van der Waals surface area (Å²) in [5, 5.41) is 11.5. The van der Waals surface area contributed by atoms with Crippen molar-refractivity contribution < 1.29 is 24.2 Å². The third-order valence-corrected chi connectivity index (χ3v) is 5.97. The predicted molar refractivity (Wildman–Crippen MR) is 133 cm³/mol. The number of aliphatic hydroxyl groups is 1. The number of carbonyl (C=O) groups excluding carboxylic acids is 2. The Balaban J connectivity index is 2.12. The Morgan fingerprint density at radius 3 is 2.35 bits per heavy atom. The second kappa shape index (κ2) is 10.4. The number of rotatable bonds is 8. The van der Waals surface area contributed by atoms with Gasteiger partial charge in [0, 0.05) is 13.2 Å². The molecule has 0 spiro atoms. The number of methoxy groups -OCH3 is 1. The zero-order valence-electron chi connectivity index (χ0n) is 20.9. The molecule has 2 aromatic carbocycles. The summed E-state index contributed by atoms with van der Waals surface area (Å²) < 4.78 is 11.1. The van der Waals surface area contributed by atoms with Crippen LogP contribution in [0.15, 0.2) is 54.1 Å². The number of carbonyl (C=O) groups is 2. The number of Topliss-reactive ketones (excluding diaryl/α,β-unsaturated/α-hetero) is 1. The van der Waals surface area contributed by atoms with Crippen molar-refractivity contribution in [2.75, 3.05) is 20.3 Å². The van der Waals surface area contributed by atoms with Crippen molar-refractivity contribution in [1.29, 1.82) is 0 Å². The number of hydrogen-bond acceptors (Lipinski definition) is 5. The van der Waals surface area contributed by atoms with Gasteiger partial charge in [-0.15, -0.1) is 0 Å². The first-order chi connectivity index (χ1) is 16.1. The molecule has 1 aliphatic rings. The SMILES string of the molecule is COc1ccc(C(C)(C)C)cc1/C(O)=C1\C(=O)C(=O)N(CCCOC(C)C)C1c1ccccc1. The van der Waals surface area contributed by atoms with E-state index in [2.05, 4.69) is 20.8 Å². The smallest absolute Gasteiger partial charge is 0.295 e. The fourth-order valence-corrected chi connectivity index (χ4v) is 4.15. The molecule has 0 radical (unpaired) electrons. The van der Waals surface area contributed by atoms with Gasteiger partial charge in [-0.2, -0.15) is 0 Å². The fourth-order valence-electron chi connectivity index (χ4n) is 4.15. The van der Waals surface area contributed by atoms with E-state index in [0.717, 1.165) is 11.1 Å². The normalized spacial score (nSPS) is 18.1. The summed E-state index contributed by atoms with van der Waals surface area (Å²) in [6.07, 6.45) is 0.667. The molecule has 1 atom stereocenters. The Kier molecular flexibility index (Phi) is 7.82. The third kappa shape index (κ3) is 5.33. The molecule has 2 aromatic rings. The van der Waals surface area contributed by atoms with E-state index in [1.54, 1.807) is 6.07 Å². The lowest BCUT2D eigenvalue weighted by Gasteiger charge is -2.26. The lowest BCUT2D eigenvalue weighted by molar-refractivity contribution is -0.140. The first-order valence-electron chi connectivity index (χ1n) is 11.7. The largest absolute Gasteiger partial charge is 0.507 e. The highest BCUT2D eigenvalue weighted by molar-refractivity contribution is 6.46. The number of ketones is 1. The molecule has 6 heteroatoms. The maximum atomic E-state index is 13.3. The maximum Gasteiger partial charge on any atom is 0.295 e. The predicted octanol–water partition coefficient (Wildman–Crippen LogP) is 5.23. The van der Waals surface area contributed by atoms with Crippen LogP contribution in [0.4, 0.5) is 0 Å². The Labute approximate surface area is 202 Å². The lowest BCUT2D eigenvalue weighted by atomic mass is 9.85. The van der Waals surface area contributed by atoms with E-state index in [4.69, 9.17) is 9.47 Å². The van der Waals surface area contributed by atoms with Crippen molar-refractivity contribution in [2.45, 2.75) is 58.6 Å². The minimum Gasteiger partial charge on any atom is -0.507 e. The van der Waals surface area contributed by atoms with E-state index in [-0.39, 0.29) is 22.9 Å². The summed E-state index contributed by atoms with van der Waals surface area (Å²) in [5.74, 6) is -1.10. The van der Waals surface area contributed by atoms with Crippen molar-refractivity contribution >= 4 is 17.4 Å². The molecule has 1 unspecified atom stereocenters. The maximum absolute atomic E-state index is 13.3. The quantitative estimate of drug-likeness (QED) is 0.250. The van der Waals surface area contributed by atoms with Crippen molar-refractivity contribution in [3.8, 4) is 5.75 Å². The van der Waals surface area contributed by atoms with E-state index in [0.29, 0.717) is 30.9 Å². The van der Waals surface area contributed by atoms with Crippen LogP contribution in [0.2, 0.25) is 0 Å². The topological polar surface area (TPSA) is 76.1 Å². The number of benzene rings is 2. The van der Waals surface area contributed by atoms with E-state index in [9.17, 15) is 14.7 Å². The molecule has 1 heterocycles. The van der Waals surface area contributed by atoms with Crippen molar-refractivity contribution in [1.82, 2.24) is 4.90 Å². The van der Waals surface area contributed by atoms with Gasteiger partial charge in [0.05, 0.1) is 30.4 Å². The minimum atomic E-state index is -0.695. The summed E-state index contributed by atoms with van der Waals surface area (Å²) in [4.78, 5) is 27.9. The summed E-state index contributed by atoms with van der Waals surface area (Å²) in [6.45, 7) is 10.9. The Morgan fingerprint density at radius 2 is 1.76 bits per heavy atom. The fraction of sp³-hybridized carbons (Fsp3) is 0.429. The van der Waals surface area contributed by atoms with Gasteiger partial charge in [-0.1, -0.05) is 57.2 Å². The molecular formula is C28H35NO5. The Morgan fingerprint density at radius 1 is 1.09 bits per heavy atom. The molecule has 0 saturated carbocycles. The average molecular weight is 466 g/mol. The first-order valence-corrected chi connectivity index (χ1v) is 11.7. The number of ether oxygens (including phenoxy) is 2. The van der Waals surface area contributed by atoms with E-state index in [1.165, 1.54) is 12.0 Å². The molecule has 0 aromatic heterocycles. The zero-order chi connectivity index (χ0) is 25.0. The highest BCUT2D eigenvalue weighted by Crippen LogP contribution is 2.41. The first kappa shape index (κ1) is 25.5. The van der Waals surface area contributed by atoms with Gasteiger partial charge in [0.1, 0.15) is 11.5 Å². The van der Waals surface area contributed by atoms with E-state index < -0.39 is 17.7 Å². The molecule has 182 valence electrons. The third-order valence-electron chi connectivity index (χ3n) is 5.97. The average Bonchev–Trinajstić information content (AvgIpc) is 3.05. The molecule has 3 rings (SSSR count). The van der Waals surface area contributed by atoms with Crippen LogP contribution in [-0.4, -0.2) is 48.1 Å². The van der Waals surface area contributed by atoms with Crippen LogP contribution in [0.3, 0.4) is 0 Å². The molecule has 1 fully saturated rings. The number of hydrogen-bond donors (Lipinski definition) is 1.